The molecule has 0 saturated heterocycles. The minimum absolute atomic E-state index is 0.0604. The van der Waals surface area contributed by atoms with Crippen LogP contribution in [0.2, 0.25) is 0 Å². The second-order valence-electron chi connectivity index (χ2n) is 6.62. The Morgan fingerprint density at radius 3 is 2.68 bits per heavy atom. The van der Waals surface area contributed by atoms with Crippen molar-refractivity contribution in [1.29, 1.82) is 0 Å². The molecule has 0 aliphatic carbocycles. The number of thioether (sulfide) groups is 1. The predicted molar refractivity (Wildman–Crippen MR) is 115 cm³/mol. The summed E-state index contributed by atoms with van der Waals surface area (Å²) in [7, 11) is 0. The van der Waals surface area contributed by atoms with Gasteiger partial charge in [-0.3, -0.25) is 4.79 Å². The van der Waals surface area contributed by atoms with E-state index in [1.54, 1.807) is 0 Å². The van der Waals surface area contributed by atoms with Gasteiger partial charge in [-0.2, -0.15) is 0 Å². The zero-order chi connectivity index (χ0) is 19.9. The summed E-state index contributed by atoms with van der Waals surface area (Å²) < 4.78 is 2.01. The fourth-order valence-electron chi connectivity index (χ4n) is 2.92. The third-order valence-electron chi connectivity index (χ3n) is 4.30. The van der Waals surface area contributed by atoms with Gasteiger partial charge in [-0.05, 0) is 31.0 Å². The van der Waals surface area contributed by atoms with E-state index in [1.807, 2.05) is 54.8 Å². The van der Waals surface area contributed by atoms with Crippen LogP contribution in [-0.2, 0) is 17.8 Å². The van der Waals surface area contributed by atoms with Crippen LogP contribution in [0.3, 0.4) is 0 Å². The molecule has 0 aliphatic rings. The molecule has 3 rings (SSSR count). The number of carbonyl (C=O) groups excluding carboxylic acids is 1. The summed E-state index contributed by atoms with van der Waals surface area (Å²) in [6.45, 7) is 8.46. The van der Waals surface area contributed by atoms with Crippen LogP contribution in [0.15, 0.2) is 66.3 Å². The third kappa shape index (κ3) is 5.10. The van der Waals surface area contributed by atoms with Crippen molar-refractivity contribution in [2.75, 3.05) is 11.1 Å². The largest absolute Gasteiger partial charge is 0.325 e. The standard InChI is InChI=1S/C22H24N4OS/c1-4-12-26-20(14-18-8-6-5-7-9-18)24-25-22(26)28-15-21(27)23-19-11-10-16(2)13-17(19)3/h4-11,13H,1,12,14-15H2,2-3H3,(H,23,27). The van der Waals surface area contributed by atoms with Crippen molar-refractivity contribution in [3.63, 3.8) is 0 Å². The van der Waals surface area contributed by atoms with Crippen molar-refractivity contribution < 1.29 is 4.79 Å². The lowest BCUT2D eigenvalue weighted by atomic mass is 10.1. The van der Waals surface area contributed by atoms with Gasteiger partial charge in [-0.1, -0.05) is 65.9 Å². The van der Waals surface area contributed by atoms with Gasteiger partial charge >= 0.3 is 0 Å². The molecular formula is C22H24N4OS. The van der Waals surface area contributed by atoms with Gasteiger partial charge in [-0.25, -0.2) is 0 Å². The van der Waals surface area contributed by atoms with E-state index in [-0.39, 0.29) is 11.7 Å². The molecule has 1 N–H and O–H groups in total. The number of benzene rings is 2. The summed E-state index contributed by atoms with van der Waals surface area (Å²) in [5.41, 5.74) is 4.24. The number of nitrogens with zero attached hydrogens (tertiary/aromatic N) is 3. The van der Waals surface area contributed by atoms with E-state index in [1.165, 1.54) is 22.9 Å². The number of carbonyl (C=O) groups is 1. The Bertz CT molecular complexity index is 966. The molecule has 0 aliphatic heterocycles. The Hall–Kier alpha value is -2.86. The Morgan fingerprint density at radius 1 is 1.18 bits per heavy atom. The number of rotatable bonds is 8. The second kappa shape index (κ2) is 9.37. The van der Waals surface area contributed by atoms with Gasteiger partial charge in [0, 0.05) is 18.7 Å². The van der Waals surface area contributed by atoms with Crippen LogP contribution < -0.4 is 5.32 Å². The van der Waals surface area contributed by atoms with E-state index in [4.69, 9.17) is 0 Å². The maximum Gasteiger partial charge on any atom is 0.234 e. The zero-order valence-corrected chi connectivity index (χ0v) is 17.0. The normalized spacial score (nSPS) is 10.6. The van der Waals surface area contributed by atoms with Gasteiger partial charge in [0.05, 0.1) is 5.75 Å². The topological polar surface area (TPSA) is 59.8 Å². The molecule has 0 saturated carbocycles. The number of hydrogen-bond acceptors (Lipinski definition) is 4. The summed E-state index contributed by atoms with van der Waals surface area (Å²) in [4.78, 5) is 12.4. The molecule has 1 aromatic heterocycles. The molecule has 3 aromatic rings. The molecular weight excluding hydrogens is 368 g/mol. The zero-order valence-electron chi connectivity index (χ0n) is 16.2. The van der Waals surface area contributed by atoms with Crippen molar-refractivity contribution in [2.45, 2.75) is 32.0 Å². The lowest BCUT2D eigenvalue weighted by Gasteiger charge is -2.10. The highest BCUT2D eigenvalue weighted by Crippen LogP contribution is 2.21. The first-order valence-electron chi connectivity index (χ1n) is 9.13. The van der Waals surface area contributed by atoms with Crippen LogP contribution in [0.1, 0.15) is 22.5 Å². The molecule has 0 radical (unpaired) electrons. The van der Waals surface area contributed by atoms with Crippen LogP contribution in [0.4, 0.5) is 5.69 Å². The van der Waals surface area contributed by atoms with Crippen LogP contribution in [0, 0.1) is 13.8 Å². The summed E-state index contributed by atoms with van der Waals surface area (Å²) in [6, 6.07) is 16.1. The number of aryl methyl sites for hydroxylation is 2. The Labute approximate surface area is 169 Å². The smallest absolute Gasteiger partial charge is 0.234 e. The molecule has 0 bridgehead atoms. The summed E-state index contributed by atoms with van der Waals surface area (Å²) in [5.74, 6) is 1.08. The molecule has 0 fully saturated rings. The molecule has 6 heteroatoms. The Morgan fingerprint density at radius 2 is 1.96 bits per heavy atom. The maximum absolute atomic E-state index is 12.4. The number of nitrogens with one attached hydrogen (secondary N) is 1. The second-order valence-corrected chi connectivity index (χ2v) is 7.56. The number of hydrogen-bond donors (Lipinski definition) is 1. The molecule has 0 spiro atoms. The van der Waals surface area contributed by atoms with E-state index in [0.29, 0.717) is 13.0 Å². The van der Waals surface area contributed by atoms with Crippen molar-refractivity contribution in [1.82, 2.24) is 14.8 Å². The lowest BCUT2D eigenvalue weighted by Crippen LogP contribution is -2.15. The van der Waals surface area contributed by atoms with Crippen LogP contribution in [0.25, 0.3) is 0 Å². The SMILES string of the molecule is C=CCn1c(Cc2ccccc2)nnc1SCC(=O)Nc1ccc(C)cc1C. The monoisotopic (exact) mass is 392 g/mol. The van der Waals surface area contributed by atoms with E-state index in [0.717, 1.165) is 22.2 Å². The highest BCUT2D eigenvalue weighted by atomic mass is 32.2. The van der Waals surface area contributed by atoms with E-state index in [2.05, 4.69) is 40.3 Å². The van der Waals surface area contributed by atoms with E-state index >= 15 is 0 Å². The first kappa shape index (κ1) is 19.9. The lowest BCUT2D eigenvalue weighted by molar-refractivity contribution is -0.113. The Kier molecular flexibility index (Phi) is 6.66. The summed E-state index contributed by atoms with van der Waals surface area (Å²) in [5, 5.41) is 12.3. The molecule has 1 amide bonds. The van der Waals surface area contributed by atoms with Crippen molar-refractivity contribution >= 4 is 23.4 Å². The maximum atomic E-state index is 12.4. The minimum Gasteiger partial charge on any atom is -0.325 e. The molecule has 144 valence electrons. The number of amides is 1. The van der Waals surface area contributed by atoms with Crippen LogP contribution in [-0.4, -0.2) is 26.4 Å². The first-order chi connectivity index (χ1) is 13.6. The first-order valence-corrected chi connectivity index (χ1v) is 10.1. The third-order valence-corrected chi connectivity index (χ3v) is 5.27. The van der Waals surface area contributed by atoms with Gasteiger partial charge < -0.3 is 9.88 Å². The molecule has 0 atom stereocenters. The van der Waals surface area contributed by atoms with E-state index < -0.39 is 0 Å². The van der Waals surface area contributed by atoms with Crippen molar-refractivity contribution in [3.05, 3.63) is 83.7 Å². The number of allylic oxidation sites excluding steroid dienone is 1. The predicted octanol–water partition coefficient (Wildman–Crippen LogP) is 4.40. The fourth-order valence-corrected chi connectivity index (χ4v) is 3.68. The molecule has 1 heterocycles. The molecule has 5 nitrogen and oxygen atoms in total. The van der Waals surface area contributed by atoms with Crippen molar-refractivity contribution in [3.8, 4) is 0 Å². The molecule has 2 aromatic carbocycles. The van der Waals surface area contributed by atoms with E-state index in [9.17, 15) is 4.79 Å². The van der Waals surface area contributed by atoms with Gasteiger partial charge in [0.15, 0.2) is 5.16 Å². The Balaban J connectivity index is 1.66. The average molecular weight is 393 g/mol. The number of aromatic nitrogens is 3. The van der Waals surface area contributed by atoms with Gasteiger partial charge in [0.25, 0.3) is 0 Å². The van der Waals surface area contributed by atoms with Gasteiger partial charge in [0.1, 0.15) is 5.82 Å². The minimum atomic E-state index is -0.0604. The highest BCUT2D eigenvalue weighted by Gasteiger charge is 2.14. The van der Waals surface area contributed by atoms with Gasteiger partial charge in [-0.15, -0.1) is 16.8 Å². The summed E-state index contributed by atoms with van der Waals surface area (Å²) >= 11 is 1.38. The highest BCUT2D eigenvalue weighted by molar-refractivity contribution is 7.99. The number of anilines is 1. The van der Waals surface area contributed by atoms with Crippen molar-refractivity contribution in [2.24, 2.45) is 0 Å². The quantitative estimate of drug-likeness (QED) is 0.456. The van der Waals surface area contributed by atoms with Crippen LogP contribution in [0.5, 0.6) is 0 Å². The van der Waals surface area contributed by atoms with Crippen LogP contribution >= 0.6 is 11.8 Å². The fraction of sp³-hybridized carbons (Fsp3) is 0.227. The average Bonchev–Trinajstić information content (AvgIpc) is 3.05. The summed E-state index contributed by atoms with van der Waals surface area (Å²) in [6.07, 6.45) is 2.51. The van der Waals surface area contributed by atoms with Gasteiger partial charge in [0.2, 0.25) is 5.91 Å². The molecule has 0 unspecified atom stereocenters. The molecule has 28 heavy (non-hydrogen) atoms.